The first-order chi connectivity index (χ1) is 12.5. The highest BCUT2D eigenvalue weighted by atomic mass is 32.2. The van der Waals surface area contributed by atoms with Gasteiger partial charge >= 0.3 is 0 Å². The minimum absolute atomic E-state index is 0.00975. The first-order valence-electron chi connectivity index (χ1n) is 8.70. The van der Waals surface area contributed by atoms with Gasteiger partial charge in [-0.2, -0.15) is 0 Å². The van der Waals surface area contributed by atoms with Crippen molar-refractivity contribution >= 4 is 39.1 Å². The van der Waals surface area contributed by atoms with Crippen LogP contribution in [0.2, 0.25) is 0 Å². The molecule has 1 aliphatic rings. The smallest absolute Gasteiger partial charge is 0.262 e. The number of benzene rings is 1. The molecule has 2 aromatic heterocycles. The molecule has 134 valence electrons. The Kier molecular flexibility index (Phi) is 4.49. The molecular formula is C20H20N2O2S2. The number of hydrogen-bond acceptors (Lipinski definition) is 5. The molecule has 0 bridgehead atoms. The number of fused-ring (bicyclic) bond motifs is 3. The van der Waals surface area contributed by atoms with Crippen LogP contribution in [0.1, 0.15) is 38.3 Å². The standard InChI is InChI=1S/C20H20N2O2S2/c1-11-7-8-13(9-12(11)2)15(23)10-25-20-21-18-17(19(24)22(20)3)14-5-4-6-16(14)26-18/h7-9H,4-6,10H2,1-3H3. The molecule has 0 aliphatic heterocycles. The summed E-state index contributed by atoms with van der Waals surface area (Å²) in [5.41, 5.74) is 4.20. The van der Waals surface area contributed by atoms with E-state index in [1.54, 1.807) is 23.0 Å². The van der Waals surface area contributed by atoms with E-state index in [0.29, 0.717) is 10.7 Å². The van der Waals surface area contributed by atoms with E-state index in [0.717, 1.165) is 35.0 Å². The van der Waals surface area contributed by atoms with Gasteiger partial charge in [0.25, 0.3) is 5.56 Å². The first kappa shape index (κ1) is 17.5. The van der Waals surface area contributed by atoms with Crippen LogP contribution in [0.3, 0.4) is 0 Å². The van der Waals surface area contributed by atoms with E-state index in [9.17, 15) is 9.59 Å². The monoisotopic (exact) mass is 384 g/mol. The molecule has 4 rings (SSSR count). The summed E-state index contributed by atoms with van der Waals surface area (Å²) in [6.45, 7) is 4.04. The second kappa shape index (κ2) is 6.67. The molecule has 1 aromatic carbocycles. The van der Waals surface area contributed by atoms with Crippen molar-refractivity contribution in [2.45, 2.75) is 38.3 Å². The highest BCUT2D eigenvalue weighted by Crippen LogP contribution is 2.35. The summed E-state index contributed by atoms with van der Waals surface area (Å²) in [5.74, 6) is 0.334. The first-order valence-corrected chi connectivity index (χ1v) is 10.5. The van der Waals surface area contributed by atoms with Crippen molar-refractivity contribution in [3.8, 4) is 0 Å². The lowest BCUT2D eigenvalue weighted by molar-refractivity contribution is 0.102. The fourth-order valence-electron chi connectivity index (χ4n) is 3.36. The number of nitrogens with zero attached hydrogens (tertiary/aromatic N) is 2. The molecule has 26 heavy (non-hydrogen) atoms. The van der Waals surface area contributed by atoms with Crippen molar-refractivity contribution in [2.75, 3.05) is 5.75 Å². The molecule has 3 aromatic rings. The summed E-state index contributed by atoms with van der Waals surface area (Å²) in [6, 6.07) is 5.77. The number of Topliss-reactive ketones (excluding diaryl/α,β-unsaturated/α-hetero) is 1. The van der Waals surface area contributed by atoms with Gasteiger partial charge in [-0.15, -0.1) is 11.3 Å². The number of hydrogen-bond donors (Lipinski definition) is 0. The van der Waals surface area contributed by atoms with Crippen LogP contribution in [0.4, 0.5) is 0 Å². The van der Waals surface area contributed by atoms with Crippen LogP contribution in [0.15, 0.2) is 28.2 Å². The maximum Gasteiger partial charge on any atom is 0.262 e. The van der Waals surface area contributed by atoms with E-state index in [1.807, 2.05) is 32.0 Å². The third-order valence-electron chi connectivity index (χ3n) is 5.07. The third kappa shape index (κ3) is 2.91. The Morgan fingerprint density at radius 3 is 2.85 bits per heavy atom. The van der Waals surface area contributed by atoms with Crippen molar-refractivity contribution in [3.63, 3.8) is 0 Å². The fraction of sp³-hybridized carbons (Fsp3) is 0.350. The van der Waals surface area contributed by atoms with Crippen molar-refractivity contribution in [3.05, 3.63) is 55.7 Å². The SMILES string of the molecule is Cc1ccc(C(=O)CSc2nc3sc4c(c3c(=O)n2C)CCC4)cc1C. The number of thiophene rings is 1. The maximum atomic E-state index is 12.8. The van der Waals surface area contributed by atoms with Crippen LogP contribution in [0.5, 0.6) is 0 Å². The average molecular weight is 385 g/mol. The minimum Gasteiger partial charge on any atom is -0.293 e. The summed E-state index contributed by atoms with van der Waals surface area (Å²) in [5, 5.41) is 1.40. The number of aryl methyl sites for hydroxylation is 4. The molecule has 0 N–H and O–H groups in total. The molecule has 6 heteroatoms. The van der Waals surface area contributed by atoms with Gasteiger partial charge in [-0.1, -0.05) is 23.9 Å². The normalized spacial score (nSPS) is 13.3. The summed E-state index contributed by atoms with van der Waals surface area (Å²) >= 11 is 2.97. The highest BCUT2D eigenvalue weighted by Gasteiger charge is 2.22. The molecule has 4 nitrogen and oxygen atoms in total. The molecule has 0 radical (unpaired) electrons. The molecular weight excluding hydrogens is 364 g/mol. The number of ketones is 1. The Hall–Kier alpha value is -1.92. The van der Waals surface area contributed by atoms with Crippen molar-refractivity contribution < 1.29 is 4.79 Å². The van der Waals surface area contributed by atoms with Gasteiger partial charge in [0.1, 0.15) is 4.83 Å². The predicted molar refractivity (Wildman–Crippen MR) is 108 cm³/mol. The van der Waals surface area contributed by atoms with Crippen molar-refractivity contribution in [1.82, 2.24) is 9.55 Å². The lowest BCUT2D eigenvalue weighted by atomic mass is 10.0. The quantitative estimate of drug-likeness (QED) is 0.386. The average Bonchev–Trinajstić information content (AvgIpc) is 3.19. The summed E-state index contributed by atoms with van der Waals surface area (Å²) < 4.78 is 1.59. The van der Waals surface area contributed by atoms with Gasteiger partial charge < -0.3 is 0 Å². The topological polar surface area (TPSA) is 52.0 Å². The van der Waals surface area contributed by atoms with Crippen LogP contribution in [0.25, 0.3) is 10.2 Å². The predicted octanol–water partition coefficient (Wildman–Crippen LogP) is 4.08. The number of thioether (sulfide) groups is 1. The van der Waals surface area contributed by atoms with Gasteiger partial charge in [0.15, 0.2) is 10.9 Å². The lowest BCUT2D eigenvalue weighted by Gasteiger charge is -2.08. The molecule has 0 saturated carbocycles. The summed E-state index contributed by atoms with van der Waals surface area (Å²) in [6.07, 6.45) is 3.15. The Morgan fingerprint density at radius 2 is 2.08 bits per heavy atom. The molecule has 1 aliphatic carbocycles. The second-order valence-electron chi connectivity index (χ2n) is 6.81. The molecule has 0 fully saturated rings. The van der Waals surface area contributed by atoms with Crippen LogP contribution in [-0.4, -0.2) is 21.1 Å². The zero-order valence-electron chi connectivity index (χ0n) is 15.1. The molecule has 0 unspecified atom stereocenters. The number of aromatic nitrogens is 2. The van der Waals surface area contributed by atoms with Crippen LogP contribution < -0.4 is 5.56 Å². The zero-order chi connectivity index (χ0) is 18.4. The van der Waals surface area contributed by atoms with E-state index in [1.165, 1.54) is 27.8 Å². The number of carbonyl (C=O) groups is 1. The van der Waals surface area contributed by atoms with E-state index in [2.05, 4.69) is 4.98 Å². The third-order valence-corrected chi connectivity index (χ3v) is 7.28. The van der Waals surface area contributed by atoms with Crippen LogP contribution in [-0.2, 0) is 19.9 Å². The Bertz CT molecular complexity index is 1100. The van der Waals surface area contributed by atoms with Crippen molar-refractivity contribution in [1.29, 1.82) is 0 Å². The van der Waals surface area contributed by atoms with Crippen LogP contribution in [0, 0.1) is 13.8 Å². The van der Waals surface area contributed by atoms with E-state index >= 15 is 0 Å². The van der Waals surface area contributed by atoms with Gasteiger partial charge in [0.05, 0.1) is 11.1 Å². The minimum atomic E-state index is 0.00975. The largest absolute Gasteiger partial charge is 0.293 e. The molecule has 0 amide bonds. The van der Waals surface area contributed by atoms with E-state index in [4.69, 9.17) is 0 Å². The van der Waals surface area contributed by atoms with Crippen molar-refractivity contribution in [2.24, 2.45) is 7.05 Å². The number of carbonyl (C=O) groups excluding carboxylic acids is 1. The molecule has 0 atom stereocenters. The Morgan fingerprint density at radius 1 is 1.27 bits per heavy atom. The highest BCUT2D eigenvalue weighted by molar-refractivity contribution is 7.99. The number of rotatable bonds is 4. The summed E-state index contributed by atoms with van der Waals surface area (Å²) in [7, 11) is 1.75. The van der Waals surface area contributed by atoms with Gasteiger partial charge in [-0.25, -0.2) is 4.98 Å². The van der Waals surface area contributed by atoms with Gasteiger partial charge in [-0.05, 0) is 55.9 Å². The Balaban J connectivity index is 1.61. The maximum absolute atomic E-state index is 12.8. The Labute approximate surface area is 160 Å². The molecule has 2 heterocycles. The molecule has 0 spiro atoms. The van der Waals surface area contributed by atoms with Gasteiger partial charge in [-0.3, -0.25) is 14.2 Å². The zero-order valence-corrected chi connectivity index (χ0v) is 16.7. The van der Waals surface area contributed by atoms with E-state index < -0.39 is 0 Å². The van der Waals surface area contributed by atoms with Gasteiger partial charge in [0, 0.05) is 17.5 Å². The van der Waals surface area contributed by atoms with Gasteiger partial charge in [0.2, 0.25) is 0 Å². The second-order valence-corrected chi connectivity index (χ2v) is 8.83. The fourth-order valence-corrected chi connectivity index (χ4v) is 5.53. The molecule has 0 saturated heterocycles. The van der Waals surface area contributed by atoms with E-state index in [-0.39, 0.29) is 17.1 Å². The summed E-state index contributed by atoms with van der Waals surface area (Å²) in [4.78, 5) is 32.1. The van der Waals surface area contributed by atoms with Crippen LogP contribution >= 0.6 is 23.1 Å². The lowest BCUT2D eigenvalue weighted by Crippen LogP contribution is -2.20.